The van der Waals surface area contributed by atoms with Crippen molar-refractivity contribution in [1.82, 2.24) is 10.2 Å². The second-order valence-corrected chi connectivity index (χ2v) is 5.47. The molecule has 0 radical (unpaired) electrons. The van der Waals surface area contributed by atoms with Crippen molar-refractivity contribution in [2.45, 2.75) is 45.2 Å². The molecule has 1 aromatic rings. The summed E-state index contributed by atoms with van der Waals surface area (Å²) in [6.07, 6.45) is 3.11. The maximum Gasteiger partial charge on any atom is 0.243 e. The molecule has 4 heteroatoms. The highest BCUT2D eigenvalue weighted by atomic mass is 16.2. The number of benzene rings is 1. The van der Waals surface area contributed by atoms with Crippen LogP contribution in [0.5, 0.6) is 0 Å². The van der Waals surface area contributed by atoms with Crippen LogP contribution in [-0.4, -0.2) is 29.8 Å². The average molecular weight is 274 g/mol. The van der Waals surface area contributed by atoms with Gasteiger partial charge in [-0.1, -0.05) is 36.2 Å². The summed E-state index contributed by atoms with van der Waals surface area (Å²) in [5.41, 5.74) is 2.28. The normalized spacial score (nSPS) is 19.6. The lowest BCUT2D eigenvalue weighted by atomic mass is 10.1. The summed E-state index contributed by atoms with van der Waals surface area (Å²) in [5, 5.41) is 2.93. The lowest BCUT2D eigenvalue weighted by Gasteiger charge is -2.25. The Bertz CT molecular complexity index is 482. The third-order valence-corrected chi connectivity index (χ3v) is 3.87. The largest absolute Gasteiger partial charge is 0.350 e. The second kappa shape index (κ2) is 6.55. The van der Waals surface area contributed by atoms with Crippen LogP contribution in [0.25, 0.3) is 0 Å². The van der Waals surface area contributed by atoms with Gasteiger partial charge in [0.15, 0.2) is 0 Å². The van der Waals surface area contributed by atoms with Gasteiger partial charge in [-0.2, -0.15) is 0 Å². The van der Waals surface area contributed by atoms with Crippen molar-refractivity contribution in [1.29, 1.82) is 0 Å². The molecule has 0 saturated carbocycles. The maximum absolute atomic E-state index is 12.2. The minimum atomic E-state index is -0.324. The fourth-order valence-corrected chi connectivity index (χ4v) is 2.48. The van der Waals surface area contributed by atoms with Crippen molar-refractivity contribution in [3.63, 3.8) is 0 Å². The molecule has 20 heavy (non-hydrogen) atoms. The zero-order valence-electron chi connectivity index (χ0n) is 12.2. The first-order valence-corrected chi connectivity index (χ1v) is 7.17. The van der Waals surface area contributed by atoms with Gasteiger partial charge in [0, 0.05) is 20.0 Å². The molecule has 1 aliphatic heterocycles. The molecule has 0 bridgehead atoms. The number of hydrogen-bond donors (Lipinski definition) is 1. The van der Waals surface area contributed by atoms with Crippen LogP contribution in [0.2, 0.25) is 0 Å². The molecule has 1 fully saturated rings. The first kappa shape index (κ1) is 14.6. The molecule has 0 unspecified atom stereocenters. The molecule has 1 atom stereocenters. The van der Waals surface area contributed by atoms with Crippen molar-refractivity contribution in [2.75, 3.05) is 7.05 Å². The van der Waals surface area contributed by atoms with Gasteiger partial charge in [-0.3, -0.25) is 9.59 Å². The Labute approximate surface area is 120 Å². The van der Waals surface area contributed by atoms with E-state index in [1.54, 1.807) is 11.9 Å². The van der Waals surface area contributed by atoms with E-state index in [0.29, 0.717) is 13.0 Å². The predicted molar refractivity (Wildman–Crippen MR) is 78.1 cm³/mol. The van der Waals surface area contributed by atoms with Crippen LogP contribution in [-0.2, 0) is 16.1 Å². The standard InChI is InChI=1S/C16H22N2O2/c1-12-7-9-13(10-8-12)11-17-16(20)14-5-3-4-6-15(19)18(14)2/h7-10,14H,3-6,11H2,1-2H3,(H,17,20)/t14-/m0/s1. The molecule has 1 aliphatic rings. The monoisotopic (exact) mass is 274 g/mol. The number of rotatable bonds is 3. The highest BCUT2D eigenvalue weighted by Gasteiger charge is 2.28. The van der Waals surface area contributed by atoms with Crippen LogP contribution in [0.15, 0.2) is 24.3 Å². The van der Waals surface area contributed by atoms with E-state index in [1.807, 2.05) is 31.2 Å². The molecule has 1 heterocycles. The number of likely N-dealkylation sites (tertiary alicyclic amines) is 1. The number of likely N-dealkylation sites (N-methyl/N-ethyl adjacent to an activating group) is 1. The third-order valence-electron chi connectivity index (χ3n) is 3.87. The van der Waals surface area contributed by atoms with Crippen LogP contribution >= 0.6 is 0 Å². The Kier molecular flexibility index (Phi) is 4.77. The zero-order chi connectivity index (χ0) is 14.5. The lowest BCUT2D eigenvalue weighted by Crippen LogP contribution is -2.46. The minimum Gasteiger partial charge on any atom is -0.350 e. The van der Waals surface area contributed by atoms with Crippen molar-refractivity contribution in [3.05, 3.63) is 35.4 Å². The highest BCUT2D eigenvalue weighted by Crippen LogP contribution is 2.16. The predicted octanol–water partition coefficient (Wildman–Crippen LogP) is 2.01. The van der Waals surface area contributed by atoms with Gasteiger partial charge >= 0.3 is 0 Å². The number of carbonyl (C=O) groups is 2. The fourth-order valence-electron chi connectivity index (χ4n) is 2.48. The molecule has 1 N–H and O–H groups in total. The fraction of sp³-hybridized carbons (Fsp3) is 0.500. The van der Waals surface area contributed by atoms with E-state index >= 15 is 0 Å². The molecule has 2 amide bonds. The molecule has 1 saturated heterocycles. The van der Waals surface area contributed by atoms with E-state index < -0.39 is 0 Å². The lowest BCUT2D eigenvalue weighted by molar-refractivity contribution is -0.138. The molecule has 0 aliphatic carbocycles. The maximum atomic E-state index is 12.2. The summed E-state index contributed by atoms with van der Waals surface area (Å²) in [7, 11) is 1.73. The summed E-state index contributed by atoms with van der Waals surface area (Å²) >= 11 is 0. The smallest absolute Gasteiger partial charge is 0.243 e. The number of amides is 2. The van der Waals surface area contributed by atoms with Crippen LogP contribution in [0.3, 0.4) is 0 Å². The number of nitrogens with zero attached hydrogens (tertiary/aromatic N) is 1. The number of carbonyl (C=O) groups excluding carboxylic acids is 2. The third kappa shape index (κ3) is 3.59. The van der Waals surface area contributed by atoms with Gasteiger partial charge < -0.3 is 10.2 Å². The zero-order valence-corrected chi connectivity index (χ0v) is 12.2. The number of aryl methyl sites for hydroxylation is 1. The van der Waals surface area contributed by atoms with Crippen molar-refractivity contribution in [3.8, 4) is 0 Å². The second-order valence-electron chi connectivity index (χ2n) is 5.47. The summed E-state index contributed by atoms with van der Waals surface area (Å²) in [6, 6.07) is 7.76. The molecule has 1 aromatic carbocycles. The molecular weight excluding hydrogens is 252 g/mol. The van der Waals surface area contributed by atoms with Gasteiger partial charge in [-0.05, 0) is 25.3 Å². The molecule has 0 aromatic heterocycles. The summed E-state index contributed by atoms with van der Waals surface area (Å²) in [5.74, 6) is 0.0151. The van der Waals surface area contributed by atoms with Gasteiger partial charge in [0.1, 0.15) is 6.04 Å². The van der Waals surface area contributed by atoms with E-state index in [2.05, 4.69) is 5.32 Å². The summed E-state index contributed by atoms with van der Waals surface area (Å²) in [6.45, 7) is 2.55. The van der Waals surface area contributed by atoms with Gasteiger partial charge in [0.25, 0.3) is 0 Å². The topological polar surface area (TPSA) is 49.4 Å². The Balaban J connectivity index is 1.93. The average Bonchev–Trinajstić information content (AvgIpc) is 2.61. The Morgan fingerprint density at radius 2 is 2.00 bits per heavy atom. The van der Waals surface area contributed by atoms with E-state index in [-0.39, 0.29) is 17.9 Å². The Morgan fingerprint density at radius 3 is 2.70 bits per heavy atom. The molecule has 108 valence electrons. The van der Waals surface area contributed by atoms with Crippen molar-refractivity contribution >= 4 is 11.8 Å². The molecule has 4 nitrogen and oxygen atoms in total. The van der Waals surface area contributed by atoms with Gasteiger partial charge in [0.2, 0.25) is 11.8 Å². The van der Waals surface area contributed by atoms with Crippen LogP contribution in [0.4, 0.5) is 0 Å². The van der Waals surface area contributed by atoms with Crippen LogP contribution < -0.4 is 5.32 Å². The van der Waals surface area contributed by atoms with Gasteiger partial charge in [0.05, 0.1) is 0 Å². The van der Waals surface area contributed by atoms with Gasteiger partial charge in [-0.15, -0.1) is 0 Å². The van der Waals surface area contributed by atoms with E-state index in [1.165, 1.54) is 5.56 Å². The number of hydrogen-bond acceptors (Lipinski definition) is 2. The van der Waals surface area contributed by atoms with Crippen molar-refractivity contribution in [2.24, 2.45) is 0 Å². The first-order chi connectivity index (χ1) is 9.58. The molecule has 0 spiro atoms. The van der Waals surface area contributed by atoms with Crippen LogP contribution in [0, 0.1) is 6.92 Å². The Morgan fingerprint density at radius 1 is 1.30 bits per heavy atom. The van der Waals surface area contributed by atoms with Gasteiger partial charge in [-0.25, -0.2) is 0 Å². The van der Waals surface area contributed by atoms with E-state index in [9.17, 15) is 9.59 Å². The molecule has 2 rings (SSSR count). The quantitative estimate of drug-likeness (QED) is 0.916. The molecular formula is C16H22N2O2. The van der Waals surface area contributed by atoms with E-state index in [4.69, 9.17) is 0 Å². The summed E-state index contributed by atoms with van der Waals surface area (Å²) < 4.78 is 0. The Hall–Kier alpha value is -1.84. The van der Waals surface area contributed by atoms with Crippen LogP contribution in [0.1, 0.15) is 36.8 Å². The number of nitrogens with one attached hydrogen (secondary N) is 1. The summed E-state index contributed by atoms with van der Waals surface area (Å²) in [4.78, 5) is 25.6. The van der Waals surface area contributed by atoms with Crippen molar-refractivity contribution < 1.29 is 9.59 Å². The first-order valence-electron chi connectivity index (χ1n) is 7.17. The SMILES string of the molecule is Cc1ccc(CNC(=O)[C@@H]2CCCCC(=O)N2C)cc1. The van der Waals surface area contributed by atoms with E-state index in [0.717, 1.165) is 24.8 Å². The minimum absolute atomic E-state index is 0.0525. The highest BCUT2D eigenvalue weighted by molar-refractivity contribution is 5.87.